The number of aryl methyl sites for hydroxylation is 1. The van der Waals surface area contributed by atoms with E-state index in [1.54, 1.807) is 0 Å². The number of carbonyl (C=O) groups is 1. The lowest BCUT2D eigenvalue weighted by molar-refractivity contribution is 0.0910. The third-order valence-corrected chi connectivity index (χ3v) is 6.26. The Labute approximate surface area is 159 Å². The standard InChI is InChI=1S/C21H26ClN3O/c1-25-20-15(13-14-7-3-5-12-18(14)22)8-2-4-11-17(20)19(24-25)21(26)23-16-9-6-10-16/h3,5,7,12,15-16H,2,4,6,8-11,13H2,1H3,(H,23,26). The summed E-state index contributed by atoms with van der Waals surface area (Å²) in [6.07, 6.45) is 8.64. The zero-order valence-corrected chi connectivity index (χ0v) is 16.1. The van der Waals surface area contributed by atoms with E-state index >= 15 is 0 Å². The van der Waals surface area contributed by atoms with Crippen LogP contribution < -0.4 is 5.32 Å². The summed E-state index contributed by atoms with van der Waals surface area (Å²) >= 11 is 6.40. The Bertz CT molecular complexity index is 810. The predicted molar refractivity (Wildman–Crippen MR) is 104 cm³/mol. The van der Waals surface area contributed by atoms with E-state index in [-0.39, 0.29) is 5.91 Å². The molecule has 2 aliphatic rings. The molecule has 0 spiro atoms. The van der Waals surface area contributed by atoms with Crippen LogP contribution >= 0.6 is 11.6 Å². The van der Waals surface area contributed by atoms with E-state index in [0.29, 0.717) is 17.7 Å². The third-order valence-electron chi connectivity index (χ3n) is 5.89. The van der Waals surface area contributed by atoms with Crippen molar-refractivity contribution in [2.75, 3.05) is 0 Å². The van der Waals surface area contributed by atoms with Crippen LogP contribution in [0.5, 0.6) is 0 Å². The number of benzene rings is 1. The van der Waals surface area contributed by atoms with Gasteiger partial charge in [0.1, 0.15) is 0 Å². The van der Waals surface area contributed by atoms with Gasteiger partial charge in [0, 0.05) is 35.3 Å². The van der Waals surface area contributed by atoms with Crippen molar-refractivity contribution < 1.29 is 4.79 Å². The van der Waals surface area contributed by atoms with Gasteiger partial charge >= 0.3 is 0 Å². The molecule has 1 fully saturated rings. The Kier molecular flexibility index (Phi) is 5.03. The number of carbonyl (C=O) groups excluding carboxylic acids is 1. The number of nitrogens with one attached hydrogen (secondary N) is 1. The minimum absolute atomic E-state index is 0.00458. The van der Waals surface area contributed by atoms with Crippen LogP contribution in [0.25, 0.3) is 0 Å². The molecule has 1 saturated carbocycles. The van der Waals surface area contributed by atoms with Gasteiger partial charge in [-0.2, -0.15) is 5.10 Å². The molecule has 4 nitrogen and oxygen atoms in total. The lowest BCUT2D eigenvalue weighted by atomic mass is 9.90. The second-order valence-electron chi connectivity index (χ2n) is 7.68. The normalized spacial score (nSPS) is 20.2. The first-order chi connectivity index (χ1) is 12.6. The van der Waals surface area contributed by atoms with Crippen molar-refractivity contribution in [2.45, 2.75) is 63.3 Å². The average molecular weight is 372 g/mol. The molecule has 0 saturated heterocycles. The van der Waals surface area contributed by atoms with E-state index in [1.807, 2.05) is 29.9 Å². The number of halogens is 1. The van der Waals surface area contributed by atoms with E-state index in [1.165, 1.54) is 24.1 Å². The van der Waals surface area contributed by atoms with Crippen molar-refractivity contribution in [2.24, 2.45) is 7.05 Å². The largest absolute Gasteiger partial charge is 0.348 e. The minimum atomic E-state index is 0.00458. The number of hydrogen-bond donors (Lipinski definition) is 1. The fourth-order valence-corrected chi connectivity index (χ4v) is 4.50. The number of aromatic nitrogens is 2. The highest BCUT2D eigenvalue weighted by molar-refractivity contribution is 6.31. The number of fused-ring (bicyclic) bond motifs is 1. The van der Waals surface area contributed by atoms with Crippen LogP contribution in [-0.4, -0.2) is 21.7 Å². The molecule has 1 aromatic carbocycles. The van der Waals surface area contributed by atoms with Crippen LogP contribution in [0.15, 0.2) is 24.3 Å². The first-order valence-corrected chi connectivity index (χ1v) is 10.1. The Morgan fingerprint density at radius 2 is 2.04 bits per heavy atom. The third kappa shape index (κ3) is 3.39. The lowest BCUT2D eigenvalue weighted by Gasteiger charge is -2.26. The number of amides is 1. The summed E-state index contributed by atoms with van der Waals surface area (Å²) in [6.45, 7) is 0. The van der Waals surface area contributed by atoms with Gasteiger partial charge < -0.3 is 5.32 Å². The Morgan fingerprint density at radius 1 is 1.23 bits per heavy atom. The van der Waals surface area contributed by atoms with Crippen molar-refractivity contribution in [1.29, 1.82) is 0 Å². The summed E-state index contributed by atoms with van der Waals surface area (Å²) in [6, 6.07) is 8.41. The van der Waals surface area contributed by atoms with Gasteiger partial charge in [0.2, 0.25) is 0 Å². The van der Waals surface area contributed by atoms with Gasteiger partial charge in [-0.15, -0.1) is 0 Å². The molecule has 138 valence electrons. The highest BCUT2D eigenvalue weighted by Crippen LogP contribution is 2.36. The lowest BCUT2D eigenvalue weighted by Crippen LogP contribution is -2.40. The van der Waals surface area contributed by atoms with Gasteiger partial charge in [0.15, 0.2) is 5.69 Å². The molecule has 1 heterocycles. The van der Waals surface area contributed by atoms with Crippen LogP contribution in [0, 0.1) is 0 Å². The van der Waals surface area contributed by atoms with Crippen LogP contribution in [0.3, 0.4) is 0 Å². The molecule has 5 heteroatoms. The fraction of sp³-hybridized carbons (Fsp3) is 0.524. The second-order valence-corrected chi connectivity index (χ2v) is 8.08. The van der Waals surface area contributed by atoms with Crippen LogP contribution in [-0.2, 0) is 19.9 Å². The van der Waals surface area contributed by atoms with Crippen molar-refractivity contribution in [3.8, 4) is 0 Å². The predicted octanol–water partition coefficient (Wildman–Crippen LogP) is 4.41. The summed E-state index contributed by atoms with van der Waals surface area (Å²) < 4.78 is 1.94. The smallest absolute Gasteiger partial charge is 0.272 e. The first-order valence-electron chi connectivity index (χ1n) is 9.73. The SMILES string of the molecule is Cn1nc(C(=O)NC2CCC2)c2c1C(Cc1ccccc1Cl)CCCC2. The van der Waals surface area contributed by atoms with Crippen LogP contribution in [0.1, 0.15) is 71.8 Å². The number of nitrogens with zero attached hydrogens (tertiary/aromatic N) is 2. The highest BCUT2D eigenvalue weighted by atomic mass is 35.5. The van der Waals surface area contributed by atoms with Gasteiger partial charge in [0.05, 0.1) is 0 Å². The molecule has 1 unspecified atom stereocenters. The van der Waals surface area contributed by atoms with Gasteiger partial charge in [-0.05, 0) is 56.6 Å². The molecular formula is C21H26ClN3O. The molecule has 1 amide bonds. The Morgan fingerprint density at radius 3 is 2.77 bits per heavy atom. The summed E-state index contributed by atoms with van der Waals surface area (Å²) in [5.74, 6) is 0.361. The molecule has 0 aliphatic heterocycles. The molecule has 1 atom stereocenters. The van der Waals surface area contributed by atoms with Crippen molar-refractivity contribution in [1.82, 2.24) is 15.1 Å². The van der Waals surface area contributed by atoms with Gasteiger partial charge in [-0.1, -0.05) is 36.2 Å². The van der Waals surface area contributed by atoms with Crippen LogP contribution in [0.2, 0.25) is 5.02 Å². The molecule has 1 N–H and O–H groups in total. The average Bonchev–Trinajstić information content (AvgIpc) is 2.78. The molecule has 2 aliphatic carbocycles. The number of hydrogen-bond acceptors (Lipinski definition) is 2. The van der Waals surface area contributed by atoms with Gasteiger partial charge in [-0.3, -0.25) is 9.48 Å². The van der Waals surface area contributed by atoms with E-state index in [2.05, 4.69) is 16.5 Å². The van der Waals surface area contributed by atoms with E-state index < -0.39 is 0 Å². The maximum Gasteiger partial charge on any atom is 0.272 e. The monoisotopic (exact) mass is 371 g/mol. The highest BCUT2D eigenvalue weighted by Gasteiger charge is 2.30. The topological polar surface area (TPSA) is 46.9 Å². The first kappa shape index (κ1) is 17.6. The molecule has 0 bridgehead atoms. The van der Waals surface area contributed by atoms with Crippen molar-refractivity contribution in [3.05, 3.63) is 51.8 Å². The summed E-state index contributed by atoms with van der Waals surface area (Å²) in [4.78, 5) is 12.8. The van der Waals surface area contributed by atoms with Crippen molar-refractivity contribution >= 4 is 17.5 Å². The van der Waals surface area contributed by atoms with E-state index in [4.69, 9.17) is 11.6 Å². The summed E-state index contributed by atoms with van der Waals surface area (Å²) in [7, 11) is 1.98. The zero-order chi connectivity index (χ0) is 18.1. The molecular weight excluding hydrogens is 346 g/mol. The Balaban J connectivity index is 1.64. The molecule has 2 aromatic rings. The summed E-state index contributed by atoms with van der Waals surface area (Å²) in [5, 5.41) is 8.61. The van der Waals surface area contributed by atoms with Gasteiger partial charge in [0.25, 0.3) is 5.91 Å². The molecule has 1 aromatic heterocycles. The molecule has 4 rings (SSSR count). The maximum absolute atomic E-state index is 12.8. The van der Waals surface area contributed by atoms with Gasteiger partial charge in [-0.25, -0.2) is 0 Å². The van der Waals surface area contributed by atoms with Crippen molar-refractivity contribution in [3.63, 3.8) is 0 Å². The summed E-state index contributed by atoms with van der Waals surface area (Å²) in [5.41, 5.74) is 4.19. The fourth-order valence-electron chi connectivity index (χ4n) is 4.28. The maximum atomic E-state index is 12.8. The molecule has 26 heavy (non-hydrogen) atoms. The second kappa shape index (κ2) is 7.43. The molecule has 0 radical (unpaired) electrons. The minimum Gasteiger partial charge on any atom is -0.348 e. The quantitative estimate of drug-likeness (QED) is 0.809. The zero-order valence-electron chi connectivity index (χ0n) is 15.3. The van der Waals surface area contributed by atoms with Crippen LogP contribution in [0.4, 0.5) is 0 Å². The Hall–Kier alpha value is -1.81. The number of rotatable bonds is 4. The van der Waals surface area contributed by atoms with E-state index in [9.17, 15) is 4.79 Å². The van der Waals surface area contributed by atoms with E-state index in [0.717, 1.165) is 49.1 Å².